The molecule has 3 N–H and O–H groups in total. The average Bonchev–Trinajstić information content (AvgIpc) is 3.08. The maximum absolute atomic E-state index is 11.5. The fourth-order valence-corrected chi connectivity index (χ4v) is 3.48. The molecule has 0 aromatic heterocycles. The van der Waals surface area contributed by atoms with E-state index >= 15 is 0 Å². The standard InChI is InChI=1S/C17H28N4O4S.HI/c1-19-17(21-7-6-15(12-21)13-25-9-8-24-2)20-11-14-4-3-5-16(10-14)26(18,22)23;/h3-5,10,15H,6-9,11-13H2,1-2H3,(H,19,20)(H2,18,22,23);1H. The zero-order chi connectivity index (χ0) is 19.0. The fourth-order valence-electron chi connectivity index (χ4n) is 2.90. The van der Waals surface area contributed by atoms with Gasteiger partial charge in [0, 0.05) is 39.7 Å². The average molecular weight is 512 g/mol. The second-order valence-corrected chi connectivity index (χ2v) is 7.82. The van der Waals surface area contributed by atoms with E-state index in [2.05, 4.69) is 15.2 Å². The zero-order valence-corrected chi connectivity index (χ0v) is 18.9. The van der Waals surface area contributed by atoms with E-state index in [0.29, 0.717) is 32.3 Å². The van der Waals surface area contributed by atoms with E-state index in [4.69, 9.17) is 14.6 Å². The van der Waals surface area contributed by atoms with Crippen LogP contribution < -0.4 is 10.5 Å². The van der Waals surface area contributed by atoms with Gasteiger partial charge in [-0.1, -0.05) is 12.1 Å². The first kappa shape index (κ1) is 24.1. The van der Waals surface area contributed by atoms with E-state index < -0.39 is 10.0 Å². The summed E-state index contributed by atoms with van der Waals surface area (Å²) in [7, 11) is -0.294. The SMILES string of the molecule is CN=C(NCc1cccc(S(N)(=O)=O)c1)N1CCC(COCCOC)C1.I. The maximum Gasteiger partial charge on any atom is 0.238 e. The van der Waals surface area contributed by atoms with Crippen LogP contribution in [0.5, 0.6) is 0 Å². The van der Waals surface area contributed by atoms with Gasteiger partial charge in [-0.25, -0.2) is 13.6 Å². The Balaban J connectivity index is 0.00000364. The minimum Gasteiger partial charge on any atom is -0.382 e. The van der Waals surface area contributed by atoms with Crippen molar-refractivity contribution in [3.05, 3.63) is 29.8 Å². The molecule has 1 saturated heterocycles. The van der Waals surface area contributed by atoms with Crippen molar-refractivity contribution in [1.82, 2.24) is 10.2 Å². The summed E-state index contributed by atoms with van der Waals surface area (Å²) in [6.45, 7) is 4.20. The number of hydrogen-bond acceptors (Lipinski definition) is 5. The molecular weight excluding hydrogens is 483 g/mol. The molecule has 1 heterocycles. The monoisotopic (exact) mass is 512 g/mol. The van der Waals surface area contributed by atoms with Crippen LogP contribution in [0.15, 0.2) is 34.2 Å². The second kappa shape index (κ2) is 11.8. The van der Waals surface area contributed by atoms with Crippen LogP contribution in [0.3, 0.4) is 0 Å². The smallest absolute Gasteiger partial charge is 0.238 e. The highest BCUT2D eigenvalue weighted by atomic mass is 127. The van der Waals surface area contributed by atoms with Crippen molar-refractivity contribution in [3.8, 4) is 0 Å². The topological polar surface area (TPSA) is 106 Å². The van der Waals surface area contributed by atoms with Gasteiger partial charge < -0.3 is 19.7 Å². The summed E-state index contributed by atoms with van der Waals surface area (Å²) < 4.78 is 33.5. The first-order valence-electron chi connectivity index (χ1n) is 8.58. The van der Waals surface area contributed by atoms with E-state index in [0.717, 1.165) is 31.0 Å². The molecule has 154 valence electrons. The quantitative estimate of drug-likeness (QED) is 0.233. The highest BCUT2D eigenvalue weighted by Gasteiger charge is 2.24. The van der Waals surface area contributed by atoms with Crippen LogP contribution >= 0.6 is 24.0 Å². The molecule has 1 fully saturated rings. The Morgan fingerprint density at radius 1 is 1.41 bits per heavy atom. The minimum atomic E-state index is -3.70. The summed E-state index contributed by atoms with van der Waals surface area (Å²) in [5, 5.41) is 8.46. The molecule has 10 heteroatoms. The van der Waals surface area contributed by atoms with Gasteiger partial charge in [0.2, 0.25) is 10.0 Å². The fraction of sp³-hybridized carbons (Fsp3) is 0.588. The predicted molar refractivity (Wildman–Crippen MR) is 116 cm³/mol. The van der Waals surface area contributed by atoms with Crippen molar-refractivity contribution in [1.29, 1.82) is 0 Å². The van der Waals surface area contributed by atoms with Crippen LogP contribution in [0.4, 0.5) is 0 Å². The Morgan fingerprint density at radius 2 is 2.19 bits per heavy atom. The predicted octanol–water partition coefficient (Wildman–Crippen LogP) is 1.01. The molecule has 1 atom stereocenters. The van der Waals surface area contributed by atoms with E-state index in [9.17, 15) is 8.42 Å². The summed E-state index contributed by atoms with van der Waals surface area (Å²) in [6.07, 6.45) is 1.05. The van der Waals surface area contributed by atoms with E-state index in [1.54, 1.807) is 26.3 Å². The number of guanidine groups is 1. The molecule has 1 unspecified atom stereocenters. The number of halogens is 1. The Kier molecular flexibility index (Phi) is 10.5. The highest BCUT2D eigenvalue weighted by molar-refractivity contribution is 14.0. The first-order chi connectivity index (χ1) is 12.4. The van der Waals surface area contributed by atoms with Crippen molar-refractivity contribution in [2.24, 2.45) is 16.0 Å². The Labute approximate surface area is 178 Å². The lowest BCUT2D eigenvalue weighted by Gasteiger charge is -2.22. The Morgan fingerprint density at radius 3 is 2.85 bits per heavy atom. The molecule has 1 aliphatic rings. The molecule has 0 amide bonds. The number of likely N-dealkylation sites (tertiary alicyclic amines) is 1. The third-order valence-electron chi connectivity index (χ3n) is 4.26. The number of rotatable bonds is 8. The molecule has 1 aliphatic heterocycles. The van der Waals surface area contributed by atoms with Crippen molar-refractivity contribution in [3.63, 3.8) is 0 Å². The van der Waals surface area contributed by atoms with Crippen LogP contribution in [-0.2, 0) is 26.0 Å². The molecule has 0 aliphatic carbocycles. The van der Waals surface area contributed by atoms with Gasteiger partial charge in [-0.2, -0.15) is 0 Å². The van der Waals surface area contributed by atoms with E-state index in [-0.39, 0.29) is 28.9 Å². The number of benzene rings is 1. The number of methoxy groups -OCH3 is 1. The summed E-state index contributed by atoms with van der Waals surface area (Å²) in [6, 6.07) is 6.60. The number of nitrogens with two attached hydrogens (primary N) is 1. The Hall–Kier alpha value is -0.950. The molecule has 0 spiro atoms. The lowest BCUT2D eigenvalue weighted by Crippen LogP contribution is -2.39. The van der Waals surface area contributed by atoms with Crippen LogP contribution in [0.2, 0.25) is 0 Å². The molecule has 1 aromatic carbocycles. The molecule has 1 aromatic rings. The molecule has 0 radical (unpaired) electrons. The minimum absolute atomic E-state index is 0. The van der Waals surface area contributed by atoms with Crippen molar-refractivity contribution >= 4 is 40.0 Å². The van der Waals surface area contributed by atoms with Gasteiger partial charge >= 0.3 is 0 Å². The number of primary sulfonamides is 1. The van der Waals surface area contributed by atoms with Crippen LogP contribution in [0, 0.1) is 5.92 Å². The first-order valence-corrected chi connectivity index (χ1v) is 10.1. The van der Waals surface area contributed by atoms with Crippen molar-refractivity contribution < 1.29 is 17.9 Å². The highest BCUT2D eigenvalue weighted by Crippen LogP contribution is 2.17. The van der Waals surface area contributed by atoms with Gasteiger partial charge in [-0.05, 0) is 24.1 Å². The Bertz CT molecular complexity index is 715. The lowest BCUT2D eigenvalue weighted by molar-refractivity contribution is 0.0536. The molecule has 0 saturated carbocycles. The summed E-state index contributed by atoms with van der Waals surface area (Å²) >= 11 is 0. The van der Waals surface area contributed by atoms with Gasteiger partial charge in [-0.15, -0.1) is 24.0 Å². The van der Waals surface area contributed by atoms with Gasteiger partial charge in [0.05, 0.1) is 24.7 Å². The summed E-state index contributed by atoms with van der Waals surface area (Å²) in [5.41, 5.74) is 0.830. The van der Waals surface area contributed by atoms with Crippen LogP contribution in [-0.4, -0.2) is 66.3 Å². The molecule has 0 bridgehead atoms. The van der Waals surface area contributed by atoms with Gasteiger partial charge in [0.1, 0.15) is 0 Å². The van der Waals surface area contributed by atoms with Gasteiger partial charge in [0.15, 0.2) is 5.96 Å². The number of ether oxygens (including phenoxy) is 2. The van der Waals surface area contributed by atoms with Crippen molar-refractivity contribution in [2.45, 2.75) is 17.9 Å². The third kappa shape index (κ3) is 7.90. The van der Waals surface area contributed by atoms with Crippen LogP contribution in [0.1, 0.15) is 12.0 Å². The molecule has 8 nitrogen and oxygen atoms in total. The summed E-state index contributed by atoms with van der Waals surface area (Å²) in [4.78, 5) is 6.63. The maximum atomic E-state index is 11.5. The van der Waals surface area contributed by atoms with E-state index in [1.807, 2.05) is 6.07 Å². The van der Waals surface area contributed by atoms with Crippen LogP contribution in [0.25, 0.3) is 0 Å². The number of sulfonamides is 1. The second-order valence-electron chi connectivity index (χ2n) is 6.26. The van der Waals surface area contributed by atoms with Crippen molar-refractivity contribution in [2.75, 3.05) is 47.1 Å². The largest absolute Gasteiger partial charge is 0.382 e. The lowest BCUT2D eigenvalue weighted by atomic mass is 10.1. The number of hydrogen-bond donors (Lipinski definition) is 2. The van der Waals surface area contributed by atoms with Gasteiger partial charge in [-0.3, -0.25) is 4.99 Å². The number of nitrogens with one attached hydrogen (secondary N) is 1. The number of aliphatic imine (C=N–C) groups is 1. The molecule has 27 heavy (non-hydrogen) atoms. The van der Waals surface area contributed by atoms with E-state index in [1.165, 1.54) is 6.07 Å². The van der Waals surface area contributed by atoms with Gasteiger partial charge in [0.25, 0.3) is 0 Å². The third-order valence-corrected chi connectivity index (χ3v) is 5.17. The number of nitrogens with zero attached hydrogens (tertiary/aromatic N) is 2. The summed E-state index contributed by atoms with van der Waals surface area (Å²) in [5.74, 6) is 1.27. The molecular formula is C17H29IN4O4S. The molecule has 2 rings (SSSR count). The zero-order valence-electron chi connectivity index (χ0n) is 15.8. The normalized spacial score (nSPS) is 17.7.